The van der Waals surface area contributed by atoms with Gasteiger partial charge in [0.2, 0.25) is 0 Å². The molecule has 0 N–H and O–H groups in total. The predicted octanol–water partition coefficient (Wildman–Crippen LogP) is 4.29. The fourth-order valence-corrected chi connectivity index (χ4v) is 2.10. The van der Waals surface area contributed by atoms with Gasteiger partial charge in [0.1, 0.15) is 0 Å². The van der Waals surface area contributed by atoms with Crippen LogP contribution in [0.25, 0.3) is 0 Å². The summed E-state index contributed by atoms with van der Waals surface area (Å²) in [4.78, 5) is 0. The maximum atomic E-state index is 5.80. The molecule has 1 unspecified atom stereocenters. The number of methoxy groups -OCH3 is 1. The Hall–Kier alpha value is -1.08. The predicted molar refractivity (Wildman–Crippen MR) is 69.5 cm³/mol. The van der Waals surface area contributed by atoms with Crippen LogP contribution in [0.4, 0.5) is 0 Å². The number of benzene rings is 1. The molecule has 0 aromatic heterocycles. The molecule has 1 nitrogen and oxygen atoms in total. The van der Waals surface area contributed by atoms with Crippen molar-refractivity contribution in [1.29, 1.82) is 0 Å². The van der Waals surface area contributed by atoms with Crippen LogP contribution in [0.3, 0.4) is 0 Å². The van der Waals surface area contributed by atoms with Crippen LogP contribution in [-0.4, -0.2) is 7.11 Å². The molecular weight excluding hydrogens is 196 g/mol. The summed E-state index contributed by atoms with van der Waals surface area (Å²) in [7, 11) is 1.80. The van der Waals surface area contributed by atoms with Gasteiger partial charge in [0.05, 0.1) is 5.60 Å². The largest absolute Gasteiger partial charge is 0.373 e. The molecule has 0 fully saturated rings. The van der Waals surface area contributed by atoms with Crippen LogP contribution < -0.4 is 0 Å². The monoisotopic (exact) mass is 218 g/mol. The minimum absolute atomic E-state index is 0.182. The van der Waals surface area contributed by atoms with Crippen LogP contribution in [-0.2, 0) is 10.3 Å². The van der Waals surface area contributed by atoms with Gasteiger partial charge in [-0.1, -0.05) is 56.2 Å². The van der Waals surface area contributed by atoms with Crippen LogP contribution in [0.1, 0.15) is 38.2 Å². The molecule has 0 aliphatic heterocycles. The molecule has 0 radical (unpaired) electrons. The van der Waals surface area contributed by atoms with Gasteiger partial charge in [0.15, 0.2) is 0 Å². The van der Waals surface area contributed by atoms with E-state index in [4.69, 9.17) is 4.74 Å². The van der Waals surface area contributed by atoms with Gasteiger partial charge in [-0.25, -0.2) is 0 Å². The molecular formula is C15H22O. The van der Waals surface area contributed by atoms with E-state index in [9.17, 15) is 0 Å². The Morgan fingerprint density at radius 1 is 1.31 bits per heavy atom. The Morgan fingerprint density at radius 3 is 2.50 bits per heavy atom. The lowest BCUT2D eigenvalue weighted by atomic mass is 9.85. The van der Waals surface area contributed by atoms with Crippen LogP contribution in [0.15, 0.2) is 43.0 Å². The van der Waals surface area contributed by atoms with Gasteiger partial charge in [-0.2, -0.15) is 0 Å². The normalized spacial score (nSPS) is 14.4. The van der Waals surface area contributed by atoms with Gasteiger partial charge in [-0.15, -0.1) is 6.58 Å². The van der Waals surface area contributed by atoms with E-state index in [1.807, 2.05) is 12.1 Å². The quantitative estimate of drug-likeness (QED) is 0.620. The lowest BCUT2D eigenvalue weighted by Crippen LogP contribution is -2.27. The summed E-state index contributed by atoms with van der Waals surface area (Å²) < 4.78 is 5.80. The summed E-state index contributed by atoms with van der Waals surface area (Å²) in [5.74, 6) is 0. The van der Waals surface area contributed by atoms with Crippen molar-refractivity contribution >= 4 is 0 Å². The molecule has 0 saturated heterocycles. The van der Waals surface area contributed by atoms with E-state index < -0.39 is 0 Å². The maximum Gasteiger partial charge on any atom is 0.0961 e. The van der Waals surface area contributed by atoms with Crippen molar-refractivity contribution in [3.8, 4) is 0 Å². The average Bonchev–Trinajstić information content (AvgIpc) is 2.36. The number of rotatable bonds is 7. The van der Waals surface area contributed by atoms with E-state index in [-0.39, 0.29) is 5.60 Å². The third-order valence-corrected chi connectivity index (χ3v) is 3.10. The summed E-state index contributed by atoms with van der Waals surface area (Å²) >= 11 is 0. The molecule has 88 valence electrons. The zero-order valence-electron chi connectivity index (χ0n) is 10.4. The average molecular weight is 218 g/mol. The Balaban J connectivity index is 2.96. The molecule has 0 spiro atoms. The molecule has 16 heavy (non-hydrogen) atoms. The fraction of sp³-hybridized carbons (Fsp3) is 0.467. The highest BCUT2D eigenvalue weighted by atomic mass is 16.5. The number of hydrogen-bond acceptors (Lipinski definition) is 1. The first kappa shape index (κ1) is 13.0. The van der Waals surface area contributed by atoms with E-state index in [2.05, 4.69) is 37.8 Å². The highest BCUT2D eigenvalue weighted by Gasteiger charge is 2.29. The van der Waals surface area contributed by atoms with Gasteiger partial charge in [0.25, 0.3) is 0 Å². The van der Waals surface area contributed by atoms with Crippen LogP contribution >= 0.6 is 0 Å². The SMILES string of the molecule is C=CCC(CCCC)(OC)c1ccccc1. The summed E-state index contributed by atoms with van der Waals surface area (Å²) in [6.45, 7) is 6.05. The molecule has 1 rings (SSSR count). The fourth-order valence-electron chi connectivity index (χ4n) is 2.10. The van der Waals surface area contributed by atoms with Crippen molar-refractivity contribution < 1.29 is 4.74 Å². The van der Waals surface area contributed by atoms with E-state index in [0.29, 0.717) is 0 Å². The zero-order valence-corrected chi connectivity index (χ0v) is 10.4. The first-order chi connectivity index (χ1) is 7.79. The molecule has 0 heterocycles. The molecule has 0 saturated carbocycles. The summed E-state index contributed by atoms with van der Waals surface area (Å²) in [5.41, 5.74) is 1.07. The van der Waals surface area contributed by atoms with E-state index >= 15 is 0 Å². The smallest absolute Gasteiger partial charge is 0.0961 e. The molecule has 0 bridgehead atoms. The first-order valence-electron chi connectivity index (χ1n) is 6.00. The topological polar surface area (TPSA) is 9.23 Å². The number of ether oxygens (including phenoxy) is 1. The molecule has 1 atom stereocenters. The molecule has 0 aliphatic carbocycles. The van der Waals surface area contributed by atoms with Crippen molar-refractivity contribution in [1.82, 2.24) is 0 Å². The minimum atomic E-state index is -0.182. The molecule has 1 aromatic rings. The second kappa shape index (κ2) is 6.49. The second-order valence-corrected chi connectivity index (χ2v) is 4.16. The lowest BCUT2D eigenvalue weighted by Gasteiger charge is -2.32. The first-order valence-corrected chi connectivity index (χ1v) is 6.00. The Labute approximate surface area is 99.1 Å². The van der Waals surface area contributed by atoms with Crippen molar-refractivity contribution in [2.24, 2.45) is 0 Å². The third-order valence-electron chi connectivity index (χ3n) is 3.10. The van der Waals surface area contributed by atoms with E-state index in [1.54, 1.807) is 7.11 Å². The number of unbranched alkanes of at least 4 members (excludes halogenated alkanes) is 1. The highest BCUT2D eigenvalue weighted by Crippen LogP contribution is 2.34. The van der Waals surface area contributed by atoms with Crippen molar-refractivity contribution in [3.63, 3.8) is 0 Å². The van der Waals surface area contributed by atoms with Crippen molar-refractivity contribution in [3.05, 3.63) is 48.6 Å². The summed E-state index contributed by atoms with van der Waals surface area (Å²) in [6.07, 6.45) is 6.24. The Bertz CT molecular complexity index is 304. The Kier molecular flexibility index (Phi) is 5.27. The third kappa shape index (κ3) is 2.96. The van der Waals surface area contributed by atoms with Crippen LogP contribution in [0.2, 0.25) is 0 Å². The molecule has 1 heteroatoms. The van der Waals surface area contributed by atoms with Crippen LogP contribution in [0.5, 0.6) is 0 Å². The van der Waals surface area contributed by atoms with E-state index in [1.165, 1.54) is 18.4 Å². The standard InChI is InChI=1S/C15H22O/c1-4-6-13-15(16-3,12-5-2)14-10-8-7-9-11-14/h5,7-11H,2,4,6,12-13H2,1,3H3. The zero-order chi connectivity index (χ0) is 11.9. The minimum Gasteiger partial charge on any atom is -0.373 e. The number of hydrogen-bond donors (Lipinski definition) is 0. The summed E-state index contributed by atoms with van der Waals surface area (Å²) in [6, 6.07) is 10.5. The summed E-state index contributed by atoms with van der Waals surface area (Å²) in [5, 5.41) is 0. The van der Waals surface area contributed by atoms with Crippen molar-refractivity contribution in [2.45, 2.75) is 38.2 Å². The highest BCUT2D eigenvalue weighted by molar-refractivity contribution is 5.23. The van der Waals surface area contributed by atoms with Gasteiger partial charge in [0, 0.05) is 7.11 Å². The maximum absolute atomic E-state index is 5.80. The van der Waals surface area contributed by atoms with Gasteiger partial charge >= 0.3 is 0 Å². The lowest BCUT2D eigenvalue weighted by molar-refractivity contribution is -0.0215. The van der Waals surface area contributed by atoms with E-state index in [0.717, 1.165) is 12.8 Å². The molecule has 0 amide bonds. The van der Waals surface area contributed by atoms with Crippen LogP contribution in [0, 0.1) is 0 Å². The molecule has 1 aromatic carbocycles. The van der Waals surface area contributed by atoms with Gasteiger partial charge < -0.3 is 4.74 Å². The van der Waals surface area contributed by atoms with Gasteiger partial charge in [-0.05, 0) is 18.4 Å². The Morgan fingerprint density at radius 2 is 2.00 bits per heavy atom. The molecule has 0 aliphatic rings. The van der Waals surface area contributed by atoms with Gasteiger partial charge in [-0.3, -0.25) is 0 Å². The second-order valence-electron chi connectivity index (χ2n) is 4.16. The van der Waals surface area contributed by atoms with Crippen molar-refractivity contribution in [2.75, 3.05) is 7.11 Å².